The van der Waals surface area contributed by atoms with Crippen molar-refractivity contribution in [2.24, 2.45) is 15.9 Å². The topological polar surface area (TPSA) is 171 Å². The molecule has 0 saturated heterocycles. The van der Waals surface area contributed by atoms with Gasteiger partial charge in [-0.25, -0.2) is 0 Å². The SMILES string of the molecule is NC(N)=NS(=O)(=O)c1ccc(NC(=O)c2cc([N+](=O)[O-])ccc2Cl)cc1. The van der Waals surface area contributed by atoms with Gasteiger partial charge in [0.05, 0.1) is 20.4 Å². The van der Waals surface area contributed by atoms with Crippen molar-refractivity contribution in [2.75, 3.05) is 5.32 Å². The second kappa shape index (κ2) is 7.37. The number of halogens is 1. The number of hydrogen-bond donors (Lipinski definition) is 3. The van der Waals surface area contributed by atoms with Gasteiger partial charge in [-0.15, -0.1) is 4.40 Å². The molecule has 0 aromatic heterocycles. The van der Waals surface area contributed by atoms with Gasteiger partial charge in [0, 0.05) is 17.8 Å². The summed E-state index contributed by atoms with van der Waals surface area (Å²) in [7, 11) is -4.05. The summed E-state index contributed by atoms with van der Waals surface area (Å²) in [6, 6.07) is 8.42. The number of nitrogens with two attached hydrogens (primary N) is 2. The second-order valence-corrected chi connectivity index (χ2v) is 6.90. The Hall–Kier alpha value is -3.18. The number of amides is 1. The average Bonchev–Trinajstić information content (AvgIpc) is 2.54. The van der Waals surface area contributed by atoms with E-state index in [0.29, 0.717) is 0 Å². The fraction of sp³-hybridized carbons (Fsp3) is 0. The standard InChI is InChI=1S/C14H12ClN5O5S/c15-12-6-3-9(20(22)23)7-11(12)13(21)18-8-1-4-10(5-2-8)26(24,25)19-14(16)17/h1-7H,(H,18,21)(H4,16,17,19). The normalized spacial score (nSPS) is 10.8. The van der Waals surface area contributed by atoms with Crippen LogP contribution in [0, 0.1) is 10.1 Å². The number of carbonyl (C=O) groups excluding carboxylic acids is 1. The number of guanidine groups is 1. The van der Waals surface area contributed by atoms with E-state index in [1.165, 1.54) is 36.4 Å². The summed E-state index contributed by atoms with van der Waals surface area (Å²) >= 11 is 5.89. The highest BCUT2D eigenvalue weighted by atomic mass is 35.5. The van der Waals surface area contributed by atoms with Gasteiger partial charge >= 0.3 is 0 Å². The fourth-order valence-corrected chi connectivity index (χ4v) is 2.97. The van der Waals surface area contributed by atoms with E-state index in [4.69, 9.17) is 23.1 Å². The molecule has 0 fully saturated rings. The van der Waals surface area contributed by atoms with Crippen molar-refractivity contribution in [1.82, 2.24) is 0 Å². The third-order valence-corrected chi connectivity index (χ3v) is 4.69. The number of carbonyl (C=O) groups is 1. The molecule has 2 aromatic carbocycles. The molecule has 0 aliphatic rings. The largest absolute Gasteiger partial charge is 0.369 e. The highest BCUT2D eigenvalue weighted by Crippen LogP contribution is 2.23. The number of rotatable bonds is 5. The van der Waals surface area contributed by atoms with Crippen LogP contribution in [0.25, 0.3) is 0 Å². The minimum absolute atomic E-state index is 0.0278. The van der Waals surface area contributed by atoms with Crippen LogP contribution < -0.4 is 16.8 Å². The Balaban J connectivity index is 2.25. The Morgan fingerprint density at radius 2 is 1.77 bits per heavy atom. The van der Waals surface area contributed by atoms with Crippen LogP contribution in [0.3, 0.4) is 0 Å². The van der Waals surface area contributed by atoms with Crippen LogP contribution in [0.4, 0.5) is 11.4 Å². The van der Waals surface area contributed by atoms with Crippen LogP contribution in [-0.4, -0.2) is 25.2 Å². The number of hydrogen-bond acceptors (Lipinski definition) is 5. The third kappa shape index (κ3) is 4.46. The van der Waals surface area contributed by atoms with E-state index in [2.05, 4.69) is 9.71 Å². The number of non-ortho nitro benzene ring substituents is 1. The number of nitro benzene ring substituents is 1. The molecule has 0 bridgehead atoms. The first-order valence-electron chi connectivity index (χ1n) is 6.81. The van der Waals surface area contributed by atoms with Gasteiger partial charge in [-0.2, -0.15) is 8.42 Å². The van der Waals surface area contributed by atoms with E-state index in [1.807, 2.05) is 0 Å². The molecule has 10 nitrogen and oxygen atoms in total. The van der Waals surface area contributed by atoms with Crippen molar-refractivity contribution >= 4 is 44.9 Å². The maximum Gasteiger partial charge on any atom is 0.285 e. The summed E-state index contributed by atoms with van der Waals surface area (Å²) < 4.78 is 26.8. The zero-order valence-corrected chi connectivity index (χ0v) is 14.5. The summed E-state index contributed by atoms with van der Waals surface area (Å²) in [4.78, 5) is 22.2. The Labute approximate surface area is 152 Å². The molecule has 0 atom stereocenters. The van der Waals surface area contributed by atoms with Crippen molar-refractivity contribution < 1.29 is 18.1 Å². The summed E-state index contributed by atoms with van der Waals surface area (Å²) in [5.41, 5.74) is 9.95. The molecule has 0 saturated carbocycles. The number of sulfonamides is 1. The highest BCUT2D eigenvalue weighted by Gasteiger charge is 2.17. The molecule has 0 spiro atoms. The van der Waals surface area contributed by atoms with Gasteiger partial charge in [-0.1, -0.05) is 11.6 Å². The Bertz CT molecular complexity index is 1000. The minimum Gasteiger partial charge on any atom is -0.369 e. The highest BCUT2D eigenvalue weighted by molar-refractivity contribution is 7.90. The van der Waals surface area contributed by atoms with Gasteiger partial charge in [0.15, 0.2) is 0 Å². The Morgan fingerprint density at radius 1 is 1.15 bits per heavy atom. The van der Waals surface area contributed by atoms with E-state index >= 15 is 0 Å². The quantitative estimate of drug-likeness (QED) is 0.296. The van der Waals surface area contributed by atoms with Crippen LogP contribution in [0.2, 0.25) is 5.02 Å². The average molecular weight is 398 g/mol. The van der Waals surface area contributed by atoms with E-state index in [1.54, 1.807) is 0 Å². The van der Waals surface area contributed by atoms with E-state index in [0.717, 1.165) is 6.07 Å². The van der Waals surface area contributed by atoms with Crippen LogP contribution in [-0.2, 0) is 10.0 Å². The van der Waals surface area contributed by atoms with Crippen LogP contribution in [0.1, 0.15) is 10.4 Å². The molecule has 136 valence electrons. The Kier molecular flexibility index (Phi) is 5.43. The molecule has 12 heteroatoms. The number of nitro groups is 1. The first-order valence-corrected chi connectivity index (χ1v) is 8.63. The third-order valence-electron chi connectivity index (χ3n) is 3.04. The number of nitrogens with one attached hydrogen (secondary N) is 1. The number of nitrogens with zero attached hydrogens (tertiary/aromatic N) is 2. The van der Waals surface area contributed by atoms with Crippen LogP contribution in [0.5, 0.6) is 0 Å². The maximum atomic E-state index is 12.2. The molecule has 0 aliphatic carbocycles. The molecular weight excluding hydrogens is 386 g/mol. The lowest BCUT2D eigenvalue weighted by Crippen LogP contribution is -2.24. The molecular formula is C14H12ClN5O5S. The zero-order valence-electron chi connectivity index (χ0n) is 12.9. The van der Waals surface area contributed by atoms with Crippen LogP contribution >= 0.6 is 11.6 Å². The summed E-state index contributed by atoms with van der Waals surface area (Å²) in [6.45, 7) is 0. The maximum absolute atomic E-state index is 12.2. The number of anilines is 1. The zero-order chi connectivity index (χ0) is 19.5. The van der Waals surface area contributed by atoms with Crippen molar-refractivity contribution in [1.29, 1.82) is 0 Å². The van der Waals surface area contributed by atoms with E-state index < -0.39 is 26.8 Å². The lowest BCUT2D eigenvalue weighted by molar-refractivity contribution is -0.384. The van der Waals surface area contributed by atoms with Crippen molar-refractivity contribution in [3.63, 3.8) is 0 Å². The van der Waals surface area contributed by atoms with E-state index in [9.17, 15) is 23.3 Å². The molecule has 5 N–H and O–H groups in total. The monoisotopic (exact) mass is 397 g/mol. The lowest BCUT2D eigenvalue weighted by atomic mass is 10.2. The summed E-state index contributed by atoms with van der Waals surface area (Å²) in [5, 5.41) is 13.3. The van der Waals surface area contributed by atoms with Crippen molar-refractivity contribution in [2.45, 2.75) is 4.90 Å². The first kappa shape index (κ1) is 19.1. The fourth-order valence-electron chi connectivity index (χ4n) is 1.90. The smallest absolute Gasteiger partial charge is 0.285 e. The van der Waals surface area contributed by atoms with Gasteiger partial charge in [0.2, 0.25) is 5.96 Å². The summed E-state index contributed by atoms with van der Waals surface area (Å²) in [6.07, 6.45) is 0. The molecule has 2 rings (SSSR count). The Morgan fingerprint density at radius 3 is 2.31 bits per heavy atom. The predicted molar refractivity (Wildman–Crippen MR) is 95.5 cm³/mol. The van der Waals surface area contributed by atoms with Crippen molar-refractivity contribution in [3.05, 3.63) is 63.2 Å². The molecule has 0 heterocycles. The molecule has 26 heavy (non-hydrogen) atoms. The van der Waals surface area contributed by atoms with Gasteiger partial charge in [-0.05, 0) is 30.3 Å². The molecule has 1 amide bonds. The van der Waals surface area contributed by atoms with Gasteiger partial charge < -0.3 is 16.8 Å². The minimum atomic E-state index is -4.05. The molecule has 2 aromatic rings. The lowest BCUT2D eigenvalue weighted by Gasteiger charge is -2.07. The predicted octanol–water partition coefficient (Wildman–Crippen LogP) is 1.46. The second-order valence-electron chi connectivity index (χ2n) is 4.89. The number of benzene rings is 2. The molecule has 0 aliphatic heterocycles. The van der Waals surface area contributed by atoms with Gasteiger partial charge in [0.25, 0.3) is 21.6 Å². The van der Waals surface area contributed by atoms with Crippen molar-refractivity contribution in [3.8, 4) is 0 Å². The van der Waals surface area contributed by atoms with Gasteiger partial charge in [-0.3, -0.25) is 14.9 Å². The first-order chi connectivity index (χ1) is 12.1. The summed E-state index contributed by atoms with van der Waals surface area (Å²) in [5.74, 6) is -1.30. The van der Waals surface area contributed by atoms with Gasteiger partial charge in [0.1, 0.15) is 0 Å². The van der Waals surface area contributed by atoms with Crippen LogP contribution in [0.15, 0.2) is 51.8 Å². The molecule has 0 unspecified atom stereocenters. The molecule has 0 radical (unpaired) electrons. The van der Waals surface area contributed by atoms with E-state index in [-0.39, 0.29) is 26.9 Å².